The van der Waals surface area contributed by atoms with Crippen LogP contribution in [0.3, 0.4) is 0 Å². The molecule has 1 aliphatic heterocycles. The molecule has 3 nitrogen and oxygen atoms in total. The summed E-state index contributed by atoms with van der Waals surface area (Å²) >= 11 is 0. The molecule has 0 saturated carbocycles. The summed E-state index contributed by atoms with van der Waals surface area (Å²) in [5.41, 5.74) is 0. The van der Waals surface area contributed by atoms with E-state index in [0.717, 1.165) is 6.42 Å². The molecule has 0 aliphatic carbocycles. The fourth-order valence-corrected chi connectivity index (χ4v) is 3.56. The quantitative estimate of drug-likeness (QED) is 0.776. The van der Waals surface area contributed by atoms with Gasteiger partial charge < -0.3 is 0 Å². The Hall–Kier alpha value is -0.940. The molecule has 17 heavy (non-hydrogen) atoms. The van der Waals surface area contributed by atoms with E-state index in [4.69, 9.17) is 0 Å². The van der Waals surface area contributed by atoms with Gasteiger partial charge in [-0.15, -0.1) is 0 Å². The molecule has 1 aliphatic rings. The third-order valence-electron chi connectivity index (χ3n) is 3.32. The van der Waals surface area contributed by atoms with Crippen LogP contribution in [0.1, 0.15) is 20.3 Å². The Morgan fingerprint density at radius 3 is 2.53 bits per heavy atom. The van der Waals surface area contributed by atoms with Crippen LogP contribution >= 0.6 is 0 Å². The van der Waals surface area contributed by atoms with Crippen molar-refractivity contribution in [3.05, 3.63) is 30.1 Å². The van der Waals surface area contributed by atoms with Gasteiger partial charge >= 0.3 is 0 Å². The van der Waals surface area contributed by atoms with Crippen LogP contribution in [0.5, 0.6) is 0 Å². The summed E-state index contributed by atoms with van der Waals surface area (Å²) in [5, 5.41) is 0. The van der Waals surface area contributed by atoms with E-state index in [1.54, 1.807) is 0 Å². The summed E-state index contributed by atoms with van der Waals surface area (Å²) in [5.74, 6) is -0.0570. The SMILES string of the molecule is CC[C@H](C)[C@@H]1CN1S(=O)(=O)c1ccc(F)cc1. The zero-order valence-corrected chi connectivity index (χ0v) is 10.7. The predicted octanol–water partition coefficient (Wildman–Crippen LogP) is 2.24. The highest BCUT2D eigenvalue weighted by atomic mass is 32.2. The lowest BCUT2D eigenvalue weighted by Gasteiger charge is -2.09. The van der Waals surface area contributed by atoms with Crippen LogP contribution in [-0.2, 0) is 10.0 Å². The lowest BCUT2D eigenvalue weighted by atomic mass is 10.1. The van der Waals surface area contributed by atoms with Crippen molar-refractivity contribution in [1.29, 1.82) is 0 Å². The van der Waals surface area contributed by atoms with Gasteiger partial charge in [0.15, 0.2) is 0 Å². The van der Waals surface area contributed by atoms with E-state index in [-0.39, 0.29) is 10.9 Å². The van der Waals surface area contributed by atoms with Crippen LogP contribution < -0.4 is 0 Å². The zero-order chi connectivity index (χ0) is 12.6. The number of hydrogen-bond donors (Lipinski definition) is 0. The monoisotopic (exact) mass is 257 g/mol. The molecule has 1 heterocycles. The molecule has 0 bridgehead atoms. The topological polar surface area (TPSA) is 37.1 Å². The zero-order valence-electron chi connectivity index (χ0n) is 9.93. The molecule has 1 aromatic carbocycles. The average Bonchev–Trinajstić information content (AvgIpc) is 3.09. The van der Waals surface area contributed by atoms with Gasteiger partial charge in [-0.05, 0) is 30.2 Å². The first-order valence-corrected chi connectivity index (χ1v) is 7.18. The van der Waals surface area contributed by atoms with E-state index in [1.165, 1.54) is 28.6 Å². The molecule has 1 aromatic rings. The second kappa shape index (κ2) is 4.38. The number of hydrogen-bond acceptors (Lipinski definition) is 2. The molecule has 2 rings (SSSR count). The van der Waals surface area contributed by atoms with Gasteiger partial charge in [-0.3, -0.25) is 0 Å². The number of benzene rings is 1. The highest BCUT2D eigenvalue weighted by molar-refractivity contribution is 7.89. The van der Waals surface area contributed by atoms with Gasteiger partial charge in [0.25, 0.3) is 0 Å². The van der Waals surface area contributed by atoms with Gasteiger partial charge in [-0.25, -0.2) is 12.8 Å². The lowest BCUT2D eigenvalue weighted by Crippen LogP contribution is -2.17. The van der Waals surface area contributed by atoms with Gasteiger partial charge in [0.1, 0.15) is 5.82 Å². The average molecular weight is 257 g/mol. The second-order valence-corrected chi connectivity index (χ2v) is 6.37. The molecular weight excluding hydrogens is 241 g/mol. The van der Waals surface area contributed by atoms with E-state index in [1.807, 2.05) is 13.8 Å². The molecule has 1 saturated heterocycles. The summed E-state index contributed by atoms with van der Waals surface area (Å²) in [6.45, 7) is 4.67. The van der Waals surface area contributed by atoms with E-state index in [0.29, 0.717) is 12.5 Å². The van der Waals surface area contributed by atoms with Gasteiger partial charge in [0, 0.05) is 12.6 Å². The minimum Gasteiger partial charge on any atom is -0.207 e. The molecule has 0 amide bonds. The van der Waals surface area contributed by atoms with Crippen LogP contribution in [0.4, 0.5) is 4.39 Å². The molecule has 0 N–H and O–H groups in total. The van der Waals surface area contributed by atoms with Crippen molar-refractivity contribution in [2.24, 2.45) is 5.92 Å². The minimum absolute atomic E-state index is 0.107. The van der Waals surface area contributed by atoms with E-state index < -0.39 is 15.8 Å². The van der Waals surface area contributed by atoms with Gasteiger partial charge in [0.05, 0.1) is 4.90 Å². The first-order valence-electron chi connectivity index (χ1n) is 5.74. The Bertz CT molecular complexity index is 498. The Labute approximate surface area is 101 Å². The maximum Gasteiger partial charge on any atom is 0.243 e. The van der Waals surface area contributed by atoms with Crippen molar-refractivity contribution in [2.75, 3.05) is 6.54 Å². The molecule has 0 aromatic heterocycles. The largest absolute Gasteiger partial charge is 0.243 e. The van der Waals surface area contributed by atoms with E-state index >= 15 is 0 Å². The lowest BCUT2D eigenvalue weighted by molar-refractivity contribution is 0.485. The minimum atomic E-state index is -3.42. The smallest absolute Gasteiger partial charge is 0.207 e. The normalized spacial score (nSPS) is 25.6. The van der Waals surface area contributed by atoms with Crippen molar-refractivity contribution in [3.63, 3.8) is 0 Å². The molecule has 0 radical (unpaired) electrons. The predicted molar refractivity (Wildman–Crippen MR) is 63.5 cm³/mol. The maximum atomic E-state index is 12.7. The molecular formula is C12H16FNO2S. The van der Waals surface area contributed by atoms with Crippen molar-refractivity contribution >= 4 is 10.0 Å². The van der Waals surface area contributed by atoms with Crippen LogP contribution in [0, 0.1) is 11.7 Å². The van der Waals surface area contributed by atoms with Crippen molar-refractivity contribution < 1.29 is 12.8 Å². The molecule has 1 fully saturated rings. The van der Waals surface area contributed by atoms with Crippen LogP contribution in [-0.4, -0.2) is 25.3 Å². The van der Waals surface area contributed by atoms with Gasteiger partial charge in [-0.1, -0.05) is 20.3 Å². The van der Waals surface area contributed by atoms with Gasteiger partial charge in [0.2, 0.25) is 10.0 Å². The highest BCUT2D eigenvalue weighted by Crippen LogP contribution is 2.34. The summed E-state index contributed by atoms with van der Waals surface area (Å²) < 4.78 is 38.5. The molecule has 1 unspecified atom stereocenters. The summed E-state index contributed by atoms with van der Waals surface area (Å²) in [4.78, 5) is 0.171. The fraction of sp³-hybridized carbons (Fsp3) is 0.500. The third kappa shape index (κ3) is 2.35. The number of rotatable bonds is 4. The Kier molecular flexibility index (Phi) is 3.23. The first-order chi connectivity index (χ1) is 7.96. The fourth-order valence-electron chi connectivity index (χ4n) is 1.89. The van der Waals surface area contributed by atoms with Crippen molar-refractivity contribution in [1.82, 2.24) is 4.31 Å². The maximum absolute atomic E-state index is 12.7. The number of nitrogens with zero attached hydrogens (tertiary/aromatic N) is 1. The highest BCUT2D eigenvalue weighted by Gasteiger charge is 2.46. The Morgan fingerprint density at radius 2 is 2.00 bits per heavy atom. The molecule has 0 spiro atoms. The molecule has 5 heteroatoms. The van der Waals surface area contributed by atoms with E-state index in [2.05, 4.69) is 0 Å². The van der Waals surface area contributed by atoms with Crippen molar-refractivity contribution in [2.45, 2.75) is 31.2 Å². The summed E-state index contributed by atoms with van der Waals surface area (Å²) in [6.07, 6.45) is 0.958. The van der Waals surface area contributed by atoms with Crippen LogP contribution in [0.15, 0.2) is 29.2 Å². The summed E-state index contributed by atoms with van der Waals surface area (Å²) in [6, 6.07) is 5.09. The second-order valence-electron chi connectivity index (χ2n) is 4.48. The number of halogens is 1. The molecule has 94 valence electrons. The Morgan fingerprint density at radius 1 is 1.41 bits per heavy atom. The number of sulfonamides is 1. The van der Waals surface area contributed by atoms with Gasteiger partial charge in [-0.2, -0.15) is 4.31 Å². The van der Waals surface area contributed by atoms with Crippen LogP contribution in [0.25, 0.3) is 0 Å². The first kappa shape index (κ1) is 12.5. The van der Waals surface area contributed by atoms with Crippen LogP contribution in [0.2, 0.25) is 0 Å². The van der Waals surface area contributed by atoms with E-state index in [9.17, 15) is 12.8 Å². The Balaban J connectivity index is 2.19. The third-order valence-corrected chi connectivity index (χ3v) is 5.23. The summed E-state index contributed by atoms with van der Waals surface area (Å²) in [7, 11) is -3.42. The molecule has 3 atom stereocenters. The standard InChI is InChI=1S/C12H16FNO2S/c1-3-9(2)12-8-14(12)17(15,16)11-6-4-10(13)5-7-11/h4-7,9,12H,3,8H2,1-2H3/t9-,12-,14?/m0/s1. The van der Waals surface area contributed by atoms with Crippen molar-refractivity contribution in [3.8, 4) is 0 Å².